The van der Waals surface area contributed by atoms with Gasteiger partial charge in [0.15, 0.2) is 5.82 Å². The van der Waals surface area contributed by atoms with E-state index in [-0.39, 0.29) is 17.1 Å². The normalized spacial score (nSPS) is 9.89. The molecule has 5 nitrogen and oxygen atoms in total. The summed E-state index contributed by atoms with van der Waals surface area (Å²) in [5.41, 5.74) is 2.66. The third-order valence-electron chi connectivity index (χ3n) is 2.31. The number of aromatic nitrogens is 1. The van der Waals surface area contributed by atoms with E-state index in [1.165, 1.54) is 18.3 Å². The number of amides is 1. The molecule has 1 aromatic carbocycles. The number of carbonyl (C=O) groups excluding carboxylic acids is 1. The van der Waals surface area contributed by atoms with E-state index in [2.05, 4.69) is 15.7 Å². The van der Waals surface area contributed by atoms with Crippen LogP contribution in [0.2, 0.25) is 0 Å². The molecule has 1 heterocycles. The molecule has 18 heavy (non-hydrogen) atoms. The first kappa shape index (κ1) is 12.0. The maximum Gasteiger partial charge on any atom is 0.259 e. The van der Waals surface area contributed by atoms with Crippen LogP contribution in [0.1, 0.15) is 10.4 Å². The zero-order chi connectivity index (χ0) is 13.0. The number of rotatable bonds is 3. The van der Waals surface area contributed by atoms with E-state index in [9.17, 15) is 9.18 Å². The number of hydrogen-bond donors (Lipinski definition) is 3. The Morgan fingerprint density at radius 3 is 2.72 bits per heavy atom. The van der Waals surface area contributed by atoms with Crippen molar-refractivity contribution in [1.29, 1.82) is 0 Å². The Balaban J connectivity index is 2.25. The number of carbonyl (C=O) groups is 1. The smallest absolute Gasteiger partial charge is 0.259 e. The molecule has 2 rings (SSSR count). The molecule has 0 aliphatic heterocycles. The summed E-state index contributed by atoms with van der Waals surface area (Å²) in [6.45, 7) is 0. The number of pyridine rings is 1. The lowest BCUT2D eigenvalue weighted by Gasteiger charge is -2.08. The highest BCUT2D eigenvalue weighted by Crippen LogP contribution is 2.16. The highest BCUT2D eigenvalue weighted by atomic mass is 19.1. The number of halogens is 1. The molecule has 0 saturated heterocycles. The Hall–Kier alpha value is -2.47. The molecule has 0 unspecified atom stereocenters. The highest BCUT2D eigenvalue weighted by molar-refractivity contribution is 6.07. The van der Waals surface area contributed by atoms with Gasteiger partial charge in [-0.2, -0.15) is 0 Å². The van der Waals surface area contributed by atoms with Gasteiger partial charge in [-0.25, -0.2) is 15.2 Å². The minimum Gasteiger partial charge on any atom is -0.319 e. The Morgan fingerprint density at radius 1 is 1.22 bits per heavy atom. The average Bonchev–Trinajstić information content (AvgIpc) is 2.41. The van der Waals surface area contributed by atoms with Gasteiger partial charge in [0.25, 0.3) is 5.91 Å². The van der Waals surface area contributed by atoms with Crippen molar-refractivity contribution in [2.24, 2.45) is 5.84 Å². The molecule has 0 spiro atoms. The number of nitrogens with two attached hydrogens (primary N) is 1. The van der Waals surface area contributed by atoms with E-state index in [1.54, 1.807) is 24.3 Å². The van der Waals surface area contributed by atoms with Gasteiger partial charge in [-0.05, 0) is 24.3 Å². The van der Waals surface area contributed by atoms with Crippen LogP contribution in [0.25, 0.3) is 0 Å². The maximum absolute atomic E-state index is 13.4. The molecule has 92 valence electrons. The number of benzene rings is 1. The molecule has 1 amide bonds. The van der Waals surface area contributed by atoms with Crippen LogP contribution in [0.5, 0.6) is 0 Å². The number of para-hydroxylation sites is 1. The largest absolute Gasteiger partial charge is 0.319 e. The molecule has 0 fully saturated rings. The van der Waals surface area contributed by atoms with Gasteiger partial charge in [-0.3, -0.25) is 4.79 Å². The van der Waals surface area contributed by atoms with Crippen LogP contribution in [0, 0.1) is 5.82 Å². The van der Waals surface area contributed by atoms with Gasteiger partial charge in [0, 0.05) is 6.20 Å². The molecule has 0 radical (unpaired) electrons. The first-order valence-electron chi connectivity index (χ1n) is 5.20. The van der Waals surface area contributed by atoms with E-state index in [0.29, 0.717) is 0 Å². The van der Waals surface area contributed by atoms with Gasteiger partial charge in [0.1, 0.15) is 5.82 Å². The van der Waals surface area contributed by atoms with Gasteiger partial charge in [0.05, 0.1) is 11.3 Å². The van der Waals surface area contributed by atoms with Crippen LogP contribution < -0.4 is 16.6 Å². The fraction of sp³-hybridized carbons (Fsp3) is 0. The van der Waals surface area contributed by atoms with Crippen molar-refractivity contribution in [3.63, 3.8) is 0 Å². The van der Waals surface area contributed by atoms with Crippen LogP contribution in [0.15, 0.2) is 42.6 Å². The fourth-order valence-corrected chi connectivity index (χ4v) is 1.46. The molecular weight excluding hydrogens is 235 g/mol. The second-order valence-corrected chi connectivity index (χ2v) is 3.48. The van der Waals surface area contributed by atoms with E-state index in [1.807, 2.05) is 0 Å². The summed E-state index contributed by atoms with van der Waals surface area (Å²) in [5, 5.41) is 2.45. The van der Waals surface area contributed by atoms with Crippen LogP contribution in [-0.2, 0) is 0 Å². The SMILES string of the molecule is NNc1ncccc1C(=O)Nc1ccccc1F. The first-order chi connectivity index (χ1) is 8.72. The van der Waals surface area contributed by atoms with Gasteiger partial charge < -0.3 is 10.7 Å². The van der Waals surface area contributed by atoms with E-state index < -0.39 is 11.7 Å². The number of nitrogens with one attached hydrogen (secondary N) is 2. The molecule has 0 atom stereocenters. The predicted molar refractivity (Wildman–Crippen MR) is 66.4 cm³/mol. The molecule has 0 aliphatic carbocycles. The number of hydrogen-bond acceptors (Lipinski definition) is 4. The number of nitrogen functional groups attached to an aromatic ring is 1. The lowest BCUT2D eigenvalue weighted by atomic mass is 10.2. The minimum atomic E-state index is -0.503. The predicted octanol–water partition coefficient (Wildman–Crippen LogP) is 1.76. The molecule has 0 aliphatic rings. The third kappa shape index (κ3) is 2.44. The molecular formula is C12H11FN4O. The van der Waals surface area contributed by atoms with E-state index in [4.69, 9.17) is 5.84 Å². The average molecular weight is 246 g/mol. The van der Waals surface area contributed by atoms with Crippen molar-refractivity contribution in [3.05, 3.63) is 54.0 Å². The lowest BCUT2D eigenvalue weighted by Crippen LogP contribution is -2.18. The standard InChI is InChI=1S/C12H11FN4O/c13-9-5-1-2-6-10(9)16-12(18)8-4-3-7-15-11(8)17-14/h1-7H,14H2,(H,15,17)(H,16,18). The third-order valence-corrected chi connectivity index (χ3v) is 2.31. The van der Waals surface area contributed by atoms with Crippen molar-refractivity contribution >= 4 is 17.4 Å². The summed E-state index contributed by atoms with van der Waals surface area (Å²) in [5.74, 6) is 4.49. The summed E-state index contributed by atoms with van der Waals surface area (Å²) >= 11 is 0. The first-order valence-corrected chi connectivity index (χ1v) is 5.20. The molecule has 0 bridgehead atoms. The second-order valence-electron chi connectivity index (χ2n) is 3.48. The fourth-order valence-electron chi connectivity index (χ4n) is 1.46. The van der Waals surface area contributed by atoms with Crippen molar-refractivity contribution in [2.75, 3.05) is 10.7 Å². The summed E-state index contributed by atoms with van der Waals surface area (Å²) in [7, 11) is 0. The summed E-state index contributed by atoms with van der Waals surface area (Å²) < 4.78 is 13.4. The van der Waals surface area contributed by atoms with Crippen molar-refractivity contribution < 1.29 is 9.18 Å². The zero-order valence-electron chi connectivity index (χ0n) is 9.35. The molecule has 0 saturated carbocycles. The van der Waals surface area contributed by atoms with Crippen LogP contribution in [-0.4, -0.2) is 10.9 Å². The van der Waals surface area contributed by atoms with Gasteiger partial charge in [-0.1, -0.05) is 12.1 Å². The minimum absolute atomic E-state index is 0.106. The summed E-state index contributed by atoms with van der Waals surface area (Å²) in [6.07, 6.45) is 1.50. The number of nitrogens with zero attached hydrogens (tertiary/aromatic N) is 1. The van der Waals surface area contributed by atoms with Gasteiger partial charge in [0.2, 0.25) is 0 Å². The van der Waals surface area contributed by atoms with Crippen molar-refractivity contribution in [2.45, 2.75) is 0 Å². The number of anilines is 2. The maximum atomic E-state index is 13.4. The Kier molecular flexibility index (Phi) is 3.49. The zero-order valence-corrected chi connectivity index (χ0v) is 9.35. The summed E-state index contributed by atoms with van der Waals surface area (Å²) in [6, 6.07) is 9.04. The molecule has 6 heteroatoms. The van der Waals surface area contributed by atoms with Crippen molar-refractivity contribution in [1.82, 2.24) is 4.98 Å². The molecule has 2 aromatic rings. The number of hydrazine groups is 1. The lowest BCUT2D eigenvalue weighted by molar-refractivity contribution is 0.102. The Morgan fingerprint density at radius 2 is 2.00 bits per heavy atom. The topological polar surface area (TPSA) is 80.0 Å². The van der Waals surface area contributed by atoms with Crippen LogP contribution in [0.3, 0.4) is 0 Å². The van der Waals surface area contributed by atoms with E-state index in [0.717, 1.165) is 0 Å². The highest BCUT2D eigenvalue weighted by Gasteiger charge is 2.13. The van der Waals surface area contributed by atoms with Gasteiger partial charge >= 0.3 is 0 Å². The monoisotopic (exact) mass is 246 g/mol. The Bertz CT molecular complexity index is 574. The quantitative estimate of drug-likeness (QED) is 0.569. The van der Waals surface area contributed by atoms with Crippen LogP contribution in [0.4, 0.5) is 15.9 Å². The van der Waals surface area contributed by atoms with Gasteiger partial charge in [-0.15, -0.1) is 0 Å². The van der Waals surface area contributed by atoms with E-state index >= 15 is 0 Å². The molecule has 4 N–H and O–H groups in total. The van der Waals surface area contributed by atoms with Crippen LogP contribution >= 0.6 is 0 Å². The van der Waals surface area contributed by atoms with Crippen molar-refractivity contribution in [3.8, 4) is 0 Å². The Labute approximate surface area is 103 Å². The second kappa shape index (κ2) is 5.24. The summed E-state index contributed by atoms with van der Waals surface area (Å²) in [4.78, 5) is 15.8. The molecule has 1 aromatic heterocycles.